The van der Waals surface area contributed by atoms with Gasteiger partial charge in [0.15, 0.2) is 11.5 Å². The Morgan fingerprint density at radius 2 is 1.54 bits per heavy atom. The van der Waals surface area contributed by atoms with Gasteiger partial charge in [-0.15, -0.1) is 0 Å². The van der Waals surface area contributed by atoms with Gasteiger partial charge in [0.05, 0.1) is 0 Å². The fourth-order valence-corrected chi connectivity index (χ4v) is 4.35. The first-order valence-electron chi connectivity index (χ1n) is 14.0. The molecule has 2 rings (SSSR count). The summed E-state index contributed by atoms with van der Waals surface area (Å²) >= 11 is 0. The number of esters is 2. The quantitative estimate of drug-likeness (QED) is 0.159. The molecule has 0 spiro atoms. The van der Waals surface area contributed by atoms with E-state index in [1.54, 1.807) is 19.9 Å². The smallest absolute Gasteiger partial charge is 0.477 e. The second-order valence-electron chi connectivity index (χ2n) is 10.3. The molecule has 0 unspecified atom stereocenters. The van der Waals surface area contributed by atoms with Crippen LogP contribution in [0.4, 0.5) is 4.79 Å². The molecule has 218 valence electrons. The molecule has 0 aliphatic heterocycles. The highest BCUT2D eigenvalue weighted by molar-refractivity contribution is 5.81. The summed E-state index contributed by atoms with van der Waals surface area (Å²) in [6.07, 6.45) is 5.94. The summed E-state index contributed by atoms with van der Waals surface area (Å²) in [5, 5.41) is 13.1. The van der Waals surface area contributed by atoms with Crippen molar-refractivity contribution in [3.8, 4) is 11.5 Å². The predicted octanol–water partition coefficient (Wildman–Crippen LogP) is 5.69. The van der Waals surface area contributed by atoms with Gasteiger partial charge in [-0.3, -0.25) is 14.9 Å². The van der Waals surface area contributed by atoms with Crippen LogP contribution in [0.2, 0.25) is 0 Å². The van der Waals surface area contributed by atoms with Crippen LogP contribution >= 0.6 is 0 Å². The molecule has 0 radical (unpaired) electrons. The van der Waals surface area contributed by atoms with E-state index in [1.807, 2.05) is 13.8 Å². The van der Waals surface area contributed by atoms with E-state index in [2.05, 4.69) is 5.32 Å². The molecule has 10 nitrogen and oxygen atoms in total. The van der Waals surface area contributed by atoms with E-state index in [0.717, 1.165) is 32.1 Å². The minimum absolute atomic E-state index is 0.00734. The summed E-state index contributed by atoms with van der Waals surface area (Å²) in [6.45, 7) is 7.36. The third-order valence-electron chi connectivity index (χ3n) is 6.32. The number of unbranched alkanes of at least 4 members (excludes halogenated alkanes) is 2. The Kier molecular flexibility index (Phi) is 13.2. The van der Waals surface area contributed by atoms with Gasteiger partial charge in [-0.25, -0.2) is 9.59 Å². The zero-order chi connectivity index (χ0) is 28.8. The lowest BCUT2D eigenvalue weighted by atomic mass is 9.98. The van der Waals surface area contributed by atoms with Crippen molar-refractivity contribution < 1.29 is 43.2 Å². The summed E-state index contributed by atoms with van der Waals surface area (Å²) in [5.41, 5.74) is -1.77. The highest BCUT2D eigenvalue weighted by atomic mass is 16.7. The number of aliphatic carboxylic acids is 1. The summed E-state index contributed by atoms with van der Waals surface area (Å²) < 4.78 is 21.9. The van der Waals surface area contributed by atoms with Crippen LogP contribution in [0, 0.1) is 0 Å². The van der Waals surface area contributed by atoms with Crippen LogP contribution in [0.5, 0.6) is 11.5 Å². The maximum absolute atomic E-state index is 12.7. The van der Waals surface area contributed by atoms with Crippen LogP contribution < -0.4 is 14.8 Å². The number of rotatable bonds is 15. The van der Waals surface area contributed by atoms with Crippen LogP contribution in [-0.2, 0) is 30.3 Å². The van der Waals surface area contributed by atoms with Crippen LogP contribution in [0.15, 0.2) is 18.2 Å². The number of hydrogen-bond acceptors (Lipinski definition) is 9. The van der Waals surface area contributed by atoms with Gasteiger partial charge in [-0.2, -0.15) is 0 Å². The van der Waals surface area contributed by atoms with Gasteiger partial charge < -0.3 is 24.1 Å². The number of carboxylic acid groups (broad SMARTS) is 1. The molecule has 0 aromatic heterocycles. The molecule has 10 heteroatoms. The minimum atomic E-state index is -2.15. The average molecular weight is 550 g/mol. The average Bonchev–Trinajstić information content (AvgIpc) is 2.87. The van der Waals surface area contributed by atoms with E-state index in [-0.39, 0.29) is 42.9 Å². The fraction of sp³-hybridized carbons (Fsp3) is 0.655. The Hall–Kier alpha value is -3.14. The summed E-state index contributed by atoms with van der Waals surface area (Å²) in [4.78, 5) is 49.9. The number of carbonyl (C=O) groups excluding carboxylic acids is 3. The van der Waals surface area contributed by atoms with Crippen LogP contribution in [-0.4, -0.2) is 47.0 Å². The topological polar surface area (TPSA) is 137 Å². The Morgan fingerprint density at radius 1 is 0.949 bits per heavy atom. The van der Waals surface area contributed by atoms with Gasteiger partial charge >= 0.3 is 24.1 Å². The molecule has 1 atom stereocenters. The third kappa shape index (κ3) is 10.9. The van der Waals surface area contributed by atoms with E-state index >= 15 is 0 Å². The van der Waals surface area contributed by atoms with Crippen molar-refractivity contribution in [3.05, 3.63) is 23.8 Å². The van der Waals surface area contributed by atoms with Gasteiger partial charge in [0.2, 0.25) is 0 Å². The number of ether oxygens (including phenoxy) is 4. The zero-order valence-corrected chi connectivity index (χ0v) is 23.6. The van der Waals surface area contributed by atoms with Gasteiger partial charge in [-0.05, 0) is 70.1 Å². The van der Waals surface area contributed by atoms with Crippen LogP contribution in [0.1, 0.15) is 104 Å². The standard InChI is InChI=1S/C29H43NO9/c1-5-7-14-25(31)37-23-17-16-21(18-24(23)38-26(32)15-8-6-2)19-29(27(33)34,30-20(3)4)39-28(35)36-22-12-10-9-11-13-22/h16-18,20,22,30H,5-15,19H2,1-4H3,(H,33,34)/t29-/m0/s1. The number of nitrogens with one attached hydrogen (secondary N) is 1. The molecule has 0 saturated heterocycles. The molecular formula is C29H43NO9. The molecular weight excluding hydrogens is 506 g/mol. The maximum Gasteiger partial charge on any atom is 0.510 e. The second kappa shape index (κ2) is 16.1. The Labute approximate surface area is 230 Å². The lowest BCUT2D eigenvalue weighted by molar-refractivity contribution is -0.168. The lowest BCUT2D eigenvalue weighted by Gasteiger charge is -2.32. The van der Waals surface area contributed by atoms with E-state index in [1.165, 1.54) is 12.1 Å². The summed E-state index contributed by atoms with van der Waals surface area (Å²) in [6, 6.07) is 4.06. The number of carboxylic acids is 1. The lowest BCUT2D eigenvalue weighted by Crippen LogP contribution is -2.59. The van der Waals surface area contributed by atoms with Crippen molar-refractivity contribution >= 4 is 24.1 Å². The normalized spacial score (nSPS) is 15.3. The number of hydrogen-bond donors (Lipinski definition) is 2. The maximum atomic E-state index is 12.7. The monoisotopic (exact) mass is 549 g/mol. The van der Waals surface area contributed by atoms with E-state index in [9.17, 15) is 24.3 Å². The Balaban J connectivity index is 2.34. The molecule has 1 saturated carbocycles. The highest BCUT2D eigenvalue weighted by Crippen LogP contribution is 2.32. The molecule has 39 heavy (non-hydrogen) atoms. The molecule has 0 bridgehead atoms. The predicted molar refractivity (Wildman–Crippen MR) is 144 cm³/mol. The fourth-order valence-electron chi connectivity index (χ4n) is 4.35. The van der Waals surface area contributed by atoms with Gasteiger partial charge in [0, 0.05) is 25.3 Å². The first-order valence-corrected chi connectivity index (χ1v) is 14.0. The molecule has 1 aromatic rings. The Morgan fingerprint density at radius 3 is 2.08 bits per heavy atom. The highest BCUT2D eigenvalue weighted by Gasteiger charge is 2.45. The zero-order valence-electron chi connectivity index (χ0n) is 23.6. The van der Waals surface area contributed by atoms with Crippen molar-refractivity contribution in [1.29, 1.82) is 0 Å². The molecule has 1 aliphatic rings. The Bertz CT molecular complexity index is 972. The van der Waals surface area contributed by atoms with E-state index < -0.39 is 29.8 Å². The largest absolute Gasteiger partial charge is 0.510 e. The van der Waals surface area contributed by atoms with Crippen molar-refractivity contribution in [2.24, 2.45) is 0 Å². The molecule has 0 amide bonds. The van der Waals surface area contributed by atoms with Gasteiger partial charge in [-0.1, -0.05) is 39.2 Å². The SMILES string of the molecule is CCCCC(=O)Oc1ccc(C[C@](NC(C)C)(OC(=O)OC2CCCCC2)C(=O)O)cc1OC(=O)CCCC. The van der Waals surface area contributed by atoms with Crippen molar-refractivity contribution in [2.45, 2.75) is 123 Å². The van der Waals surface area contributed by atoms with E-state index in [0.29, 0.717) is 31.2 Å². The van der Waals surface area contributed by atoms with Crippen LogP contribution in [0.25, 0.3) is 0 Å². The number of carbonyl (C=O) groups is 4. The van der Waals surface area contributed by atoms with Crippen molar-refractivity contribution in [3.63, 3.8) is 0 Å². The molecule has 0 heterocycles. The third-order valence-corrected chi connectivity index (χ3v) is 6.32. The van der Waals surface area contributed by atoms with Gasteiger partial charge in [0.25, 0.3) is 5.72 Å². The van der Waals surface area contributed by atoms with Crippen LogP contribution in [0.3, 0.4) is 0 Å². The first-order chi connectivity index (χ1) is 18.6. The summed E-state index contributed by atoms with van der Waals surface area (Å²) in [7, 11) is 0. The van der Waals surface area contributed by atoms with Crippen molar-refractivity contribution in [2.75, 3.05) is 0 Å². The van der Waals surface area contributed by atoms with E-state index in [4.69, 9.17) is 18.9 Å². The summed E-state index contributed by atoms with van der Waals surface area (Å²) in [5.74, 6) is -2.33. The second-order valence-corrected chi connectivity index (χ2v) is 10.3. The molecule has 1 fully saturated rings. The first kappa shape index (κ1) is 32.1. The van der Waals surface area contributed by atoms with Gasteiger partial charge in [0.1, 0.15) is 6.10 Å². The number of benzene rings is 1. The van der Waals surface area contributed by atoms with Crippen molar-refractivity contribution in [1.82, 2.24) is 5.32 Å². The molecule has 1 aromatic carbocycles. The molecule has 1 aliphatic carbocycles. The molecule has 2 N–H and O–H groups in total. The minimum Gasteiger partial charge on any atom is -0.477 e.